The predicted octanol–water partition coefficient (Wildman–Crippen LogP) is 6.41. The first-order chi connectivity index (χ1) is 15.7. The highest BCUT2D eigenvalue weighted by atomic mass is 16.2. The fourth-order valence-electron chi connectivity index (χ4n) is 4.03. The van der Waals surface area contributed by atoms with E-state index in [1.54, 1.807) is 13.8 Å². The molecule has 0 atom stereocenters. The van der Waals surface area contributed by atoms with E-state index in [9.17, 15) is 28.8 Å². The zero-order valence-electron chi connectivity index (χ0n) is 20.6. The van der Waals surface area contributed by atoms with Gasteiger partial charge in [0.25, 0.3) is 0 Å². The van der Waals surface area contributed by atoms with E-state index >= 15 is 0 Å². The summed E-state index contributed by atoms with van der Waals surface area (Å²) in [7, 11) is 0. The van der Waals surface area contributed by atoms with E-state index in [0.29, 0.717) is 25.5 Å². The highest BCUT2D eigenvalue weighted by Crippen LogP contribution is 2.33. The van der Waals surface area contributed by atoms with Crippen LogP contribution in [0.4, 0.5) is 0 Å². The third kappa shape index (κ3) is 6.62. The van der Waals surface area contributed by atoms with Gasteiger partial charge in [0, 0.05) is 59.1 Å². The summed E-state index contributed by atoms with van der Waals surface area (Å²) in [5.74, 6) is -2.45. The number of carbonyl (C=O) groups excluding carboxylic acids is 6. The van der Waals surface area contributed by atoms with Crippen molar-refractivity contribution in [2.24, 2.45) is 0 Å². The standard InChI is InChI=1S/C27H36O6/c1-6-10-12-15-21(32)24-18(16-28)23(17(5)29)25(19(30)9-4)27(20(31)13-8-3)26(24)22(33)14-11-7-2/h16H,6-15H2,1-5H3. The van der Waals surface area contributed by atoms with Crippen molar-refractivity contribution in [3.8, 4) is 0 Å². The molecule has 0 N–H and O–H groups in total. The van der Waals surface area contributed by atoms with Crippen LogP contribution >= 0.6 is 0 Å². The molecule has 0 fully saturated rings. The minimum Gasteiger partial charge on any atom is -0.298 e. The first kappa shape index (κ1) is 28.3. The molecule has 0 aliphatic rings. The van der Waals surface area contributed by atoms with Crippen molar-refractivity contribution in [2.75, 3.05) is 0 Å². The third-order valence-electron chi connectivity index (χ3n) is 5.69. The van der Waals surface area contributed by atoms with Crippen molar-refractivity contribution in [2.45, 2.75) is 98.8 Å². The van der Waals surface area contributed by atoms with Crippen molar-refractivity contribution in [3.05, 3.63) is 33.4 Å². The molecule has 33 heavy (non-hydrogen) atoms. The lowest BCUT2D eigenvalue weighted by molar-refractivity contribution is 0.0918. The third-order valence-corrected chi connectivity index (χ3v) is 5.69. The van der Waals surface area contributed by atoms with Gasteiger partial charge >= 0.3 is 0 Å². The highest BCUT2D eigenvalue weighted by Gasteiger charge is 2.35. The van der Waals surface area contributed by atoms with Crippen LogP contribution < -0.4 is 0 Å². The van der Waals surface area contributed by atoms with Gasteiger partial charge in [-0.15, -0.1) is 0 Å². The molecule has 0 spiro atoms. The van der Waals surface area contributed by atoms with Crippen LogP contribution in [-0.2, 0) is 0 Å². The number of Topliss-reactive ketones (excluding diaryl/α,β-unsaturated/α-hetero) is 5. The normalized spacial score (nSPS) is 10.7. The Morgan fingerprint density at radius 1 is 0.576 bits per heavy atom. The van der Waals surface area contributed by atoms with Gasteiger partial charge in [0.05, 0.1) is 0 Å². The first-order valence-corrected chi connectivity index (χ1v) is 12.0. The summed E-state index contributed by atoms with van der Waals surface area (Å²) in [5.41, 5.74) is -1.11. The molecule has 0 aliphatic carbocycles. The minimum atomic E-state index is -0.588. The summed E-state index contributed by atoms with van der Waals surface area (Å²) >= 11 is 0. The Morgan fingerprint density at radius 3 is 1.55 bits per heavy atom. The Balaban J connectivity index is 4.23. The summed E-state index contributed by atoms with van der Waals surface area (Å²) in [6, 6.07) is 0. The molecule has 1 rings (SSSR count). The number of benzene rings is 1. The second-order valence-corrected chi connectivity index (χ2v) is 8.32. The lowest BCUT2D eigenvalue weighted by Crippen LogP contribution is -2.26. The number of hydrogen-bond acceptors (Lipinski definition) is 6. The van der Waals surface area contributed by atoms with Crippen molar-refractivity contribution >= 4 is 35.2 Å². The largest absolute Gasteiger partial charge is 0.298 e. The molecular weight excluding hydrogens is 420 g/mol. The van der Waals surface area contributed by atoms with E-state index < -0.39 is 28.9 Å². The zero-order chi connectivity index (χ0) is 25.1. The molecule has 6 nitrogen and oxygen atoms in total. The topological polar surface area (TPSA) is 102 Å². The smallest absolute Gasteiger partial charge is 0.164 e. The molecule has 0 heterocycles. The molecule has 6 heteroatoms. The van der Waals surface area contributed by atoms with Gasteiger partial charge in [-0.05, 0) is 26.2 Å². The average molecular weight is 457 g/mol. The van der Waals surface area contributed by atoms with Gasteiger partial charge in [-0.25, -0.2) is 0 Å². The fraction of sp³-hybridized carbons (Fsp3) is 0.556. The Kier molecular flexibility index (Phi) is 11.7. The van der Waals surface area contributed by atoms with E-state index in [1.807, 2.05) is 13.8 Å². The van der Waals surface area contributed by atoms with Crippen LogP contribution in [0.25, 0.3) is 0 Å². The van der Waals surface area contributed by atoms with Crippen LogP contribution in [0.1, 0.15) is 161 Å². The van der Waals surface area contributed by atoms with Crippen LogP contribution in [-0.4, -0.2) is 35.2 Å². The van der Waals surface area contributed by atoms with Crippen LogP contribution in [0.15, 0.2) is 0 Å². The fourth-order valence-corrected chi connectivity index (χ4v) is 4.03. The molecule has 180 valence electrons. The van der Waals surface area contributed by atoms with Crippen LogP contribution in [0.3, 0.4) is 0 Å². The summed E-state index contributed by atoms with van der Waals surface area (Å²) in [4.78, 5) is 77.9. The summed E-state index contributed by atoms with van der Waals surface area (Å²) < 4.78 is 0. The summed E-state index contributed by atoms with van der Waals surface area (Å²) in [5, 5.41) is 0. The number of rotatable bonds is 16. The van der Waals surface area contributed by atoms with Gasteiger partial charge in [0.2, 0.25) is 0 Å². The number of aldehydes is 1. The lowest BCUT2D eigenvalue weighted by atomic mass is 9.77. The molecule has 0 aliphatic heterocycles. The number of hydrogen-bond donors (Lipinski definition) is 0. The molecule has 0 saturated carbocycles. The maximum Gasteiger partial charge on any atom is 0.164 e. The molecule has 1 aromatic carbocycles. The summed E-state index contributed by atoms with van der Waals surface area (Å²) in [6.45, 7) is 8.48. The van der Waals surface area contributed by atoms with Gasteiger partial charge in [0.15, 0.2) is 35.2 Å². The quantitative estimate of drug-likeness (QED) is 0.162. The van der Waals surface area contributed by atoms with Gasteiger partial charge in [-0.1, -0.05) is 47.0 Å². The van der Waals surface area contributed by atoms with Crippen LogP contribution in [0.2, 0.25) is 0 Å². The molecule has 0 bridgehead atoms. The number of carbonyl (C=O) groups is 6. The molecule has 1 aromatic rings. The van der Waals surface area contributed by atoms with Crippen molar-refractivity contribution in [1.29, 1.82) is 0 Å². The number of unbranched alkanes of at least 4 members (excludes halogenated alkanes) is 3. The SMILES string of the molecule is CCCCCC(=O)c1c(C=O)c(C(C)=O)c(C(=O)CC)c(C(=O)CCC)c1C(=O)CCCC. The lowest BCUT2D eigenvalue weighted by Gasteiger charge is -2.22. The van der Waals surface area contributed by atoms with E-state index in [0.717, 1.165) is 19.3 Å². The van der Waals surface area contributed by atoms with Gasteiger partial charge in [0.1, 0.15) is 0 Å². The highest BCUT2D eigenvalue weighted by molar-refractivity contribution is 6.26. The second kappa shape index (κ2) is 13.7. The monoisotopic (exact) mass is 456 g/mol. The van der Waals surface area contributed by atoms with Crippen molar-refractivity contribution in [3.63, 3.8) is 0 Å². The molecule has 0 amide bonds. The van der Waals surface area contributed by atoms with Crippen molar-refractivity contribution < 1.29 is 28.8 Å². The van der Waals surface area contributed by atoms with Gasteiger partial charge in [-0.3, -0.25) is 28.8 Å². The molecule has 0 radical (unpaired) electrons. The Labute approximate surface area is 196 Å². The number of ketones is 5. The first-order valence-electron chi connectivity index (χ1n) is 12.0. The van der Waals surface area contributed by atoms with Gasteiger partial charge < -0.3 is 0 Å². The molecular formula is C27H36O6. The van der Waals surface area contributed by atoms with E-state index in [1.165, 1.54) is 6.92 Å². The molecule has 0 unspecified atom stereocenters. The maximum atomic E-state index is 13.4. The Hall–Kier alpha value is -2.76. The Morgan fingerprint density at radius 2 is 1.06 bits per heavy atom. The Bertz CT molecular complexity index is 939. The zero-order valence-corrected chi connectivity index (χ0v) is 20.6. The van der Waals surface area contributed by atoms with Crippen LogP contribution in [0, 0.1) is 0 Å². The van der Waals surface area contributed by atoms with Gasteiger partial charge in [-0.2, -0.15) is 0 Å². The predicted molar refractivity (Wildman–Crippen MR) is 128 cm³/mol. The maximum absolute atomic E-state index is 13.4. The average Bonchev–Trinajstić information content (AvgIpc) is 2.79. The van der Waals surface area contributed by atoms with E-state index in [-0.39, 0.29) is 59.1 Å². The molecule has 0 saturated heterocycles. The van der Waals surface area contributed by atoms with E-state index in [4.69, 9.17) is 0 Å². The van der Waals surface area contributed by atoms with Crippen LogP contribution in [0.5, 0.6) is 0 Å². The second-order valence-electron chi connectivity index (χ2n) is 8.32. The molecule has 0 aromatic heterocycles. The minimum absolute atomic E-state index is 0.0165. The summed E-state index contributed by atoms with van der Waals surface area (Å²) in [6.07, 6.45) is 4.51. The van der Waals surface area contributed by atoms with Crippen molar-refractivity contribution in [1.82, 2.24) is 0 Å². The van der Waals surface area contributed by atoms with E-state index in [2.05, 4.69) is 0 Å².